The standard InChI is InChI=1S/C16H20FNO3/c1-10-7-12-9-18(6-5-14(12)21-10)16(19)11-3-4-13(17)15(8-11)20-2/h3-4,8,10,12,14H,5-7,9H2,1-2H3/t10-,12-,14-/m0/s1. The molecule has 2 aliphatic heterocycles. The molecule has 21 heavy (non-hydrogen) atoms. The van der Waals surface area contributed by atoms with Gasteiger partial charge < -0.3 is 14.4 Å². The van der Waals surface area contributed by atoms with Crippen LogP contribution in [-0.4, -0.2) is 43.2 Å². The van der Waals surface area contributed by atoms with E-state index in [4.69, 9.17) is 9.47 Å². The van der Waals surface area contributed by atoms with Crippen molar-refractivity contribution in [3.05, 3.63) is 29.6 Å². The molecule has 0 bridgehead atoms. The summed E-state index contributed by atoms with van der Waals surface area (Å²) in [7, 11) is 1.40. The fourth-order valence-corrected chi connectivity index (χ4v) is 3.36. The lowest BCUT2D eigenvalue weighted by molar-refractivity contribution is 0.00864. The molecule has 3 atom stereocenters. The average molecular weight is 293 g/mol. The maximum atomic E-state index is 13.4. The first-order valence-electron chi connectivity index (χ1n) is 7.36. The number of benzene rings is 1. The van der Waals surface area contributed by atoms with Gasteiger partial charge in [0.1, 0.15) is 0 Å². The highest BCUT2D eigenvalue weighted by Gasteiger charge is 2.38. The normalized spacial score (nSPS) is 28.3. The first-order chi connectivity index (χ1) is 10.1. The van der Waals surface area contributed by atoms with E-state index in [1.807, 2.05) is 4.90 Å². The number of hydrogen-bond acceptors (Lipinski definition) is 3. The lowest BCUT2D eigenvalue weighted by Gasteiger charge is -2.34. The molecule has 1 aromatic carbocycles. The van der Waals surface area contributed by atoms with Crippen LogP contribution in [0.4, 0.5) is 4.39 Å². The summed E-state index contributed by atoms with van der Waals surface area (Å²) in [4.78, 5) is 14.4. The zero-order valence-electron chi connectivity index (χ0n) is 12.3. The van der Waals surface area contributed by atoms with Gasteiger partial charge in [0.05, 0.1) is 19.3 Å². The Hall–Kier alpha value is -1.62. The summed E-state index contributed by atoms with van der Waals surface area (Å²) in [6, 6.07) is 4.26. The van der Waals surface area contributed by atoms with Crippen molar-refractivity contribution in [2.75, 3.05) is 20.2 Å². The molecule has 5 heteroatoms. The topological polar surface area (TPSA) is 38.8 Å². The molecule has 2 fully saturated rings. The predicted molar refractivity (Wildman–Crippen MR) is 75.9 cm³/mol. The van der Waals surface area contributed by atoms with E-state index in [9.17, 15) is 9.18 Å². The van der Waals surface area contributed by atoms with Gasteiger partial charge in [0.15, 0.2) is 11.6 Å². The molecule has 0 radical (unpaired) electrons. The number of halogens is 1. The second-order valence-electron chi connectivity index (χ2n) is 5.87. The summed E-state index contributed by atoms with van der Waals surface area (Å²) in [6.07, 6.45) is 2.44. The lowest BCUT2D eigenvalue weighted by atomic mass is 9.92. The average Bonchev–Trinajstić information content (AvgIpc) is 2.86. The SMILES string of the molecule is COc1cc(C(=O)N2CC[C@@H]3O[C@@H](C)C[C@H]3C2)ccc1F. The molecule has 0 saturated carbocycles. The Kier molecular flexibility index (Phi) is 3.85. The van der Waals surface area contributed by atoms with E-state index < -0.39 is 5.82 Å². The molecule has 2 heterocycles. The molecule has 2 saturated heterocycles. The molecule has 4 nitrogen and oxygen atoms in total. The first kappa shape index (κ1) is 14.3. The van der Waals surface area contributed by atoms with Gasteiger partial charge in [-0.15, -0.1) is 0 Å². The van der Waals surface area contributed by atoms with Crippen molar-refractivity contribution >= 4 is 5.91 Å². The van der Waals surface area contributed by atoms with E-state index in [0.29, 0.717) is 24.6 Å². The molecule has 2 aliphatic rings. The minimum Gasteiger partial charge on any atom is -0.494 e. The molecule has 114 valence electrons. The second kappa shape index (κ2) is 5.64. The summed E-state index contributed by atoms with van der Waals surface area (Å²) in [5, 5.41) is 0. The van der Waals surface area contributed by atoms with E-state index in [1.165, 1.54) is 25.3 Å². The molecule has 0 spiro atoms. The lowest BCUT2D eigenvalue weighted by Crippen LogP contribution is -2.44. The number of fused-ring (bicyclic) bond motifs is 1. The molecule has 0 N–H and O–H groups in total. The number of rotatable bonds is 2. The third kappa shape index (κ3) is 2.75. The first-order valence-corrected chi connectivity index (χ1v) is 7.36. The Balaban J connectivity index is 1.74. The van der Waals surface area contributed by atoms with Gasteiger partial charge in [-0.1, -0.05) is 0 Å². The summed E-state index contributed by atoms with van der Waals surface area (Å²) >= 11 is 0. The van der Waals surface area contributed by atoms with Gasteiger partial charge in [0, 0.05) is 24.6 Å². The Morgan fingerprint density at radius 2 is 2.29 bits per heavy atom. The monoisotopic (exact) mass is 293 g/mol. The van der Waals surface area contributed by atoms with Crippen LogP contribution in [-0.2, 0) is 4.74 Å². The number of carbonyl (C=O) groups is 1. The van der Waals surface area contributed by atoms with Crippen LogP contribution >= 0.6 is 0 Å². The van der Waals surface area contributed by atoms with Crippen LogP contribution in [0.3, 0.4) is 0 Å². The summed E-state index contributed by atoms with van der Waals surface area (Å²) in [5.41, 5.74) is 0.471. The van der Waals surface area contributed by atoms with Crippen molar-refractivity contribution < 1.29 is 18.7 Å². The van der Waals surface area contributed by atoms with Gasteiger partial charge in [-0.25, -0.2) is 4.39 Å². The molecular formula is C16H20FNO3. The van der Waals surface area contributed by atoms with Crippen molar-refractivity contribution in [1.29, 1.82) is 0 Å². The maximum absolute atomic E-state index is 13.4. The minimum atomic E-state index is -0.453. The van der Waals surface area contributed by atoms with Gasteiger partial charge in [0.25, 0.3) is 5.91 Å². The van der Waals surface area contributed by atoms with Crippen LogP contribution in [0.5, 0.6) is 5.75 Å². The molecule has 1 aromatic rings. The number of carbonyl (C=O) groups excluding carboxylic acids is 1. The molecular weight excluding hydrogens is 273 g/mol. The van der Waals surface area contributed by atoms with Crippen molar-refractivity contribution in [3.63, 3.8) is 0 Å². The minimum absolute atomic E-state index is 0.0636. The molecule has 1 amide bonds. The number of likely N-dealkylation sites (tertiary alicyclic amines) is 1. The fraction of sp³-hybridized carbons (Fsp3) is 0.562. The molecule has 0 unspecified atom stereocenters. The quantitative estimate of drug-likeness (QED) is 0.841. The Labute approximate surface area is 123 Å². The predicted octanol–water partition coefficient (Wildman–Crippen LogP) is 2.47. The number of hydrogen-bond donors (Lipinski definition) is 0. The van der Waals surface area contributed by atoms with E-state index >= 15 is 0 Å². The third-order valence-electron chi connectivity index (χ3n) is 4.39. The summed E-state index contributed by atoms with van der Waals surface area (Å²) in [6.45, 7) is 3.48. The Morgan fingerprint density at radius 1 is 1.48 bits per heavy atom. The van der Waals surface area contributed by atoms with E-state index in [2.05, 4.69) is 6.92 Å². The van der Waals surface area contributed by atoms with E-state index in [1.54, 1.807) is 0 Å². The number of piperidine rings is 1. The van der Waals surface area contributed by atoms with Gasteiger partial charge in [0.2, 0.25) is 0 Å². The highest BCUT2D eigenvalue weighted by molar-refractivity contribution is 5.94. The van der Waals surface area contributed by atoms with Gasteiger partial charge in [-0.2, -0.15) is 0 Å². The van der Waals surface area contributed by atoms with E-state index in [-0.39, 0.29) is 23.9 Å². The zero-order valence-corrected chi connectivity index (χ0v) is 12.3. The third-order valence-corrected chi connectivity index (χ3v) is 4.39. The number of amides is 1. The molecule has 0 aliphatic carbocycles. The van der Waals surface area contributed by atoms with Crippen LogP contribution in [0.15, 0.2) is 18.2 Å². The largest absolute Gasteiger partial charge is 0.494 e. The Bertz CT molecular complexity index is 548. The van der Waals surface area contributed by atoms with Crippen LogP contribution in [0, 0.1) is 11.7 Å². The van der Waals surface area contributed by atoms with Gasteiger partial charge in [-0.05, 0) is 38.0 Å². The van der Waals surface area contributed by atoms with Crippen LogP contribution in [0.2, 0.25) is 0 Å². The van der Waals surface area contributed by atoms with Crippen LogP contribution < -0.4 is 4.74 Å². The second-order valence-corrected chi connectivity index (χ2v) is 5.87. The summed E-state index contributed by atoms with van der Waals surface area (Å²) in [5.74, 6) is 0.00526. The number of methoxy groups -OCH3 is 1. The molecule has 3 rings (SSSR count). The van der Waals surface area contributed by atoms with Gasteiger partial charge in [-0.3, -0.25) is 4.79 Å². The smallest absolute Gasteiger partial charge is 0.254 e. The highest BCUT2D eigenvalue weighted by atomic mass is 19.1. The fourth-order valence-electron chi connectivity index (χ4n) is 3.36. The van der Waals surface area contributed by atoms with Crippen molar-refractivity contribution in [1.82, 2.24) is 4.90 Å². The van der Waals surface area contributed by atoms with Crippen LogP contribution in [0.25, 0.3) is 0 Å². The van der Waals surface area contributed by atoms with Crippen molar-refractivity contribution in [3.8, 4) is 5.75 Å². The van der Waals surface area contributed by atoms with Gasteiger partial charge >= 0.3 is 0 Å². The summed E-state index contributed by atoms with van der Waals surface area (Å²) < 4.78 is 24.2. The number of nitrogens with zero attached hydrogens (tertiary/aromatic N) is 1. The highest BCUT2D eigenvalue weighted by Crippen LogP contribution is 2.33. The van der Waals surface area contributed by atoms with Crippen molar-refractivity contribution in [2.24, 2.45) is 5.92 Å². The molecule has 0 aromatic heterocycles. The number of ether oxygens (including phenoxy) is 2. The van der Waals surface area contributed by atoms with Crippen LogP contribution in [0.1, 0.15) is 30.1 Å². The van der Waals surface area contributed by atoms with Crippen molar-refractivity contribution in [2.45, 2.75) is 32.0 Å². The zero-order chi connectivity index (χ0) is 15.0. The Morgan fingerprint density at radius 3 is 3.05 bits per heavy atom. The van der Waals surface area contributed by atoms with E-state index in [0.717, 1.165) is 12.8 Å². The maximum Gasteiger partial charge on any atom is 0.254 e.